The maximum absolute atomic E-state index is 13.2. The number of amides is 1. The number of aryl methyl sites for hydroxylation is 1. The summed E-state index contributed by atoms with van der Waals surface area (Å²) in [5.41, 5.74) is 6.21. The summed E-state index contributed by atoms with van der Waals surface area (Å²) in [7, 11) is 0. The molecular formula is C25H33FN4O2. The highest BCUT2D eigenvalue weighted by Gasteiger charge is 2.39. The normalized spacial score (nSPS) is 21.2. The Hall–Kier alpha value is -2.67. The fraction of sp³-hybridized carbons (Fsp3) is 0.520. The van der Waals surface area contributed by atoms with Gasteiger partial charge in [-0.05, 0) is 84.6 Å². The van der Waals surface area contributed by atoms with E-state index < -0.39 is 0 Å². The smallest absolute Gasteiger partial charge is 0.287 e. The average molecular weight is 441 g/mol. The number of nitrogens with one attached hydrogen (secondary N) is 3. The molecule has 1 aromatic carbocycles. The summed E-state index contributed by atoms with van der Waals surface area (Å²) in [5.74, 6) is 0.733. The van der Waals surface area contributed by atoms with E-state index in [-0.39, 0.29) is 28.8 Å². The minimum Gasteiger partial charge on any atom is -0.455 e. The van der Waals surface area contributed by atoms with Crippen LogP contribution in [0.5, 0.6) is 0 Å². The molecule has 6 nitrogen and oxygen atoms in total. The first-order valence-electron chi connectivity index (χ1n) is 11.3. The van der Waals surface area contributed by atoms with E-state index in [0.717, 1.165) is 54.7 Å². The molecular weight excluding hydrogens is 407 g/mol. The third-order valence-electron chi connectivity index (χ3n) is 6.22. The largest absolute Gasteiger partial charge is 0.455 e. The first-order chi connectivity index (χ1) is 15.0. The van der Waals surface area contributed by atoms with Crippen molar-refractivity contribution in [2.24, 2.45) is 5.10 Å². The fourth-order valence-electron chi connectivity index (χ4n) is 5.33. The van der Waals surface area contributed by atoms with Crippen LogP contribution >= 0.6 is 0 Å². The van der Waals surface area contributed by atoms with Crippen LogP contribution in [0.15, 0.2) is 33.8 Å². The molecule has 7 heteroatoms. The molecule has 0 unspecified atom stereocenters. The van der Waals surface area contributed by atoms with Crippen LogP contribution < -0.4 is 16.1 Å². The van der Waals surface area contributed by atoms with Gasteiger partial charge in [0.25, 0.3) is 5.91 Å². The number of benzene rings is 1. The van der Waals surface area contributed by atoms with Crippen LogP contribution in [0.3, 0.4) is 0 Å². The molecule has 2 heterocycles. The topological polar surface area (TPSA) is 78.7 Å². The molecule has 1 amide bonds. The third kappa shape index (κ3) is 4.88. The Balaban J connectivity index is 1.54. The van der Waals surface area contributed by atoms with Crippen molar-refractivity contribution in [3.8, 4) is 0 Å². The molecule has 1 aromatic heterocycles. The SMILES string of the molecule is Cc1c(C(=O)NC2CC(C)(C)NC(C)(C)C2)oc2c1/C(=N/Nc1ccc(F)cc1)CCC2. The number of hydrogen-bond acceptors (Lipinski definition) is 5. The molecule has 0 spiro atoms. The van der Waals surface area contributed by atoms with Crippen molar-refractivity contribution in [3.63, 3.8) is 0 Å². The lowest BCUT2D eigenvalue weighted by molar-refractivity contribution is 0.0843. The van der Waals surface area contributed by atoms with Gasteiger partial charge in [-0.2, -0.15) is 5.10 Å². The van der Waals surface area contributed by atoms with Crippen molar-refractivity contribution in [2.75, 3.05) is 5.43 Å². The zero-order valence-corrected chi connectivity index (χ0v) is 19.6. The number of piperidine rings is 1. The van der Waals surface area contributed by atoms with Crippen molar-refractivity contribution >= 4 is 17.3 Å². The first-order valence-corrected chi connectivity index (χ1v) is 11.3. The first kappa shape index (κ1) is 22.5. The minimum atomic E-state index is -0.287. The van der Waals surface area contributed by atoms with Gasteiger partial charge in [-0.25, -0.2) is 4.39 Å². The number of nitrogens with zero attached hydrogens (tertiary/aromatic N) is 1. The maximum Gasteiger partial charge on any atom is 0.287 e. The lowest BCUT2D eigenvalue weighted by atomic mass is 9.79. The molecule has 1 saturated heterocycles. The molecule has 2 aromatic rings. The molecule has 0 saturated carbocycles. The Labute approximate surface area is 189 Å². The molecule has 0 radical (unpaired) electrons. The monoisotopic (exact) mass is 440 g/mol. The predicted octanol–water partition coefficient (Wildman–Crippen LogP) is 4.92. The average Bonchev–Trinajstić information content (AvgIpc) is 3.02. The molecule has 4 rings (SSSR count). The molecule has 1 aliphatic carbocycles. The lowest BCUT2D eigenvalue weighted by Gasteiger charge is -2.46. The van der Waals surface area contributed by atoms with Gasteiger partial charge in [-0.3, -0.25) is 10.2 Å². The van der Waals surface area contributed by atoms with E-state index in [1.807, 2.05) is 6.92 Å². The van der Waals surface area contributed by atoms with Crippen molar-refractivity contribution in [1.82, 2.24) is 10.6 Å². The highest BCUT2D eigenvalue weighted by molar-refractivity contribution is 6.06. The van der Waals surface area contributed by atoms with Gasteiger partial charge in [0, 0.05) is 34.7 Å². The number of furan rings is 1. The van der Waals surface area contributed by atoms with Crippen molar-refractivity contribution in [2.45, 2.75) is 83.8 Å². The quantitative estimate of drug-likeness (QED) is 0.590. The fourth-order valence-corrected chi connectivity index (χ4v) is 5.33. The molecule has 2 aliphatic rings. The number of anilines is 1. The molecule has 172 valence electrons. The second-order valence-electron chi connectivity index (χ2n) is 10.4. The van der Waals surface area contributed by atoms with Gasteiger partial charge in [0.15, 0.2) is 5.76 Å². The number of rotatable bonds is 4. The molecule has 1 aliphatic heterocycles. The molecule has 0 atom stereocenters. The summed E-state index contributed by atoms with van der Waals surface area (Å²) in [6.07, 6.45) is 4.19. The van der Waals surface area contributed by atoms with Gasteiger partial charge in [0.05, 0.1) is 11.4 Å². The summed E-state index contributed by atoms with van der Waals surface area (Å²) in [4.78, 5) is 13.2. The third-order valence-corrected chi connectivity index (χ3v) is 6.22. The van der Waals surface area contributed by atoms with Crippen LogP contribution in [0.4, 0.5) is 10.1 Å². The van der Waals surface area contributed by atoms with Crippen LogP contribution in [0.25, 0.3) is 0 Å². The van der Waals surface area contributed by atoms with Crippen molar-refractivity contribution in [3.05, 3.63) is 52.7 Å². The standard InChI is InChI=1S/C25H33FN4O2/c1-15-21-19(29-28-17-11-9-16(26)10-12-17)7-6-8-20(21)32-22(15)23(31)27-18-13-24(2,3)30-25(4,5)14-18/h9-12,18,28,30H,6-8,13-14H2,1-5H3,(H,27,31)/b29-19+. The highest BCUT2D eigenvalue weighted by Crippen LogP contribution is 2.32. The van der Waals surface area contributed by atoms with Crippen LogP contribution in [0.1, 0.15) is 80.8 Å². The van der Waals surface area contributed by atoms with Gasteiger partial charge in [-0.15, -0.1) is 0 Å². The molecule has 1 fully saturated rings. The summed E-state index contributed by atoms with van der Waals surface area (Å²) in [6.45, 7) is 10.6. The second-order valence-corrected chi connectivity index (χ2v) is 10.4. The number of halogens is 1. The Morgan fingerprint density at radius 1 is 1.12 bits per heavy atom. The molecule has 3 N–H and O–H groups in total. The van der Waals surface area contributed by atoms with Crippen molar-refractivity contribution < 1.29 is 13.6 Å². The minimum absolute atomic E-state index is 0.0526. The van der Waals surface area contributed by atoms with E-state index >= 15 is 0 Å². The molecule has 32 heavy (non-hydrogen) atoms. The van der Waals surface area contributed by atoms with E-state index in [0.29, 0.717) is 11.4 Å². The number of fused-ring (bicyclic) bond motifs is 1. The van der Waals surface area contributed by atoms with E-state index in [4.69, 9.17) is 4.42 Å². The van der Waals surface area contributed by atoms with Crippen LogP contribution in [-0.4, -0.2) is 28.7 Å². The van der Waals surface area contributed by atoms with E-state index in [9.17, 15) is 9.18 Å². The van der Waals surface area contributed by atoms with Crippen LogP contribution in [0, 0.1) is 12.7 Å². The van der Waals surface area contributed by atoms with Crippen molar-refractivity contribution in [1.29, 1.82) is 0 Å². The van der Waals surface area contributed by atoms with Gasteiger partial charge >= 0.3 is 0 Å². The van der Waals surface area contributed by atoms with Gasteiger partial charge in [0.1, 0.15) is 11.6 Å². The Morgan fingerprint density at radius 2 is 1.78 bits per heavy atom. The van der Waals surface area contributed by atoms with Gasteiger partial charge in [0.2, 0.25) is 0 Å². The van der Waals surface area contributed by atoms with Gasteiger partial charge < -0.3 is 15.1 Å². The summed E-state index contributed by atoms with van der Waals surface area (Å²) in [6, 6.07) is 6.15. The zero-order chi connectivity index (χ0) is 23.1. The lowest BCUT2D eigenvalue weighted by Crippen LogP contribution is -2.62. The Bertz CT molecular complexity index is 1020. The van der Waals surface area contributed by atoms with E-state index in [1.54, 1.807) is 12.1 Å². The number of carbonyl (C=O) groups excluding carboxylic acids is 1. The summed E-state index contributed by atoms with van der Waals surface area (Å²) >= 11 is 0. The number of hydrogen-bond donors (Lipinski definition) is 3. The molecule has 0 bridgehead atoms. The van der Waals surface area contributed by atoms with Crippen LogP contribution in [0.2, 0.25) is 0 Å². The highest BCUT2D eigenvalue weighted by atomic mass is 19.1. The second kappa shape index (κ2) is 8.35. The Kier molecular flexibility index (Phi) is 5.88. The number of hydrazone groups is 1. The number of carbonyl (C=O) groups is 1. The van der Waals surface area contributed by atoms with E-state index in [2.05, 4.69) is 48.9 Å². The maximum atomic E-state index is 13.2. The summed E-state index contributed by atoms with van der Waals surface area (Å²) in [5, 5.41) is 11.4. The van der Waals surface area contributed by atoms with Crippen LogP contribution in [-0.2, 0) is 6.42 Å². The predicted molar refractivity (Wildman–Crippen MR) is 125 cm³/mol. The zero-order valence-electron chi connectivity index (χ0n) is 19.6. The van der Waals surface area contributed by atoms with Gasteiger partial charge in [-0.1, -0.05) is 0 Å². The summed E-state index contributed by atoms with van der Waals surface area (Å²) < 4.78 is 19.2. The van der Waals surface area contributed by atoms with E-state index in [1.165, 1.54) is 12.1 Å². The Morgan fingerprint density at radius 3 is 2.44 bits per heavy atom.